The highest BCUT2D eigenvalue weighted by atomic mass is 19.1. The maximum absolute atomic E-state index is 13.0. The van der Waals surface area contributed by atoms with Crippen molar-refractivity contribution in [3.8, 4) is 0 Å². The molecule has 1 atom stereocenters. The van der Waals surface area contributed by atoms with Crippen molar-refractivity contribution in [1.29, 1.82) is 0 Å². The van der Waals surface area contributed by atoms with Gasteiger partial charge in [0.15, 0.2) is 11.5 Å². The number of carboxylic acids is 1. The van der Waals surface area contributed by atoms with Gasteiger partial charge in [0.25, 0.3) is 5.91 Å². The number of benzene rings is 1. The van der Waals surface area contributed by atoms with Crippen LogP contribution < -0.4 is 0 Å². The Hall–Kier alpha value is -2.70. The maximum atomic E-state index is 13.0. The first-order valence-electron chi connectivity index (χ1n) is 6.05. The van der Waals surface area contributed by atoms with Gasteiger partial charge in [0, 0.05) is 0 Å². The first kappa shape index (κ1) is 14.7. The molecule has 0 radical (unpaired) electrons. The third-order valence-electron chi connectivity index (χ3n) is 3.17. The van der Waals surface area contributed by atoms with Gasteiger partial charge in [0.1, 0.15) is 12.4 Å². The molecule has 0 bridgehead atoms. The summed E-state index contributed by atoms with van der Waals surface area (Å²) in [6.45, 7) is 0.487. The summed E-state index contributed by atoms with van der Waals surface area (Å²) in [4.78, 5) is 35.3. The van der Waals surface area contributed by atoms with Gasteiger partial charge in [0.05, 0.1) is 11.6 Å². The molecule has 1 aliphatic heterocycles. The molecule has 1 aliphatic rings. The normalized spacial score (nSPS) is 18.3. The number of aliphatic carboxylic acids is 1. The van der Waals surface area contributed by atoms with Crippen LogP contribution in [0.2, 0.25) is 0 Å². The van der Waals surface area contributed by atoms with Crippen LogP contribution in [0.5, 0.6) is 0 Å². The minimum atomic E-state index is -1.28. The number of amides is 1. The smallest absolute Gasteiger partial charge is 0.323 e. The van der Waals surface area contributed by atoms with Gasteiger partial charge in [-0.3, -0.25) is 14.4 Å². The summed E-state index contributed by atoms with van der Waals surface area (Å²) in [6, 6.07) is 3.90. The zero-order chi connectivity index (χ0) is 15.7. The first-order valence-corrected chi connectivity index (χ1v) is 6.05. The van der Waals surface area contributed by atoms with Crippen LogP contribution in [-0.2, 0) is 14.4 Å². The second-order valence-electron chi connectivity index (χ2n) is 4.60. The molecule has 1 aromatic rings. The fourth-order valence-electron chi connectivity index (χ4n) is 2.31. The maximum Gasteiger partial charge on any atom is 0.323 e. The summed E-state index contributed by atoms with van der Waals surface area (Å²) < 4.78 is 13.0. The van der Waals surface area contributed by atoms with Crippen molar-refractivity contribution >= 4 is 17.7 Å². The largest absolute Gasteiger partial charge is 0.503 e. The Kier molecular flexibility index (Phi) is 3.75. The molecule has 7 heteroatoms. The standard InChI is InChI=1S/C14H12FNO5/c1-7(17)11-12(8-2-4-9(15)5-3-8)16(6-10(18)19)14(21)13(11)20/h2-5,12,20H,6H2,1H3,(H,18,19)/t12-/m1/s1. The van der Waals surface area contributed by atoms with E-state index in [0.29, 0.717) is 5.56 Å². The first-order chi connectivity index (χ1) is 9.82. The average Bonchev–Trinajstić information content (AvgIpc) is 2.64. The molecular formula is C14H12FNO5. The van der Waals surface area contributed by atoms with E-state index >= 15 is 0 Å². The third kappa shape index (κ3) is 2.62. The Morgan fingerprint density at radius 2 is 1.86 bits per heavy atom. The lowest BCUT2D eigenvalue weighted by Gasteiger charge is -2.24. The number of carbonyl (C=O) groups excluding carboxylic acids is 2. The summed E-state index contributed by atoms with van der Waals surface area (Å²) in [5.74, 6) is -4.04. The number of Topliss-reactive ketones (excluding diaryl/α,β-unsaturated/α-hetero) is 1. The Balaban J connectivity index is 2.53. The van der Waals surface area contributed by atoms with Crippen molar-refractivity contribution in [2.24, 2.45) is 0 Å². The minimum Gasteiger partial charge on any atom is -0.503 e. The highest BCUT2D eigenvalue weighted by Crippen LogP contribution is 2.37. The molecule has 0 fully saturated rings. The Bertz CT molecular complexity index is 650. The fourth-order valence-corrected chi connectivity index (χ4v) is 2.31. The van der Waals surface area contributed by atoms with Gasteiger partial charge in [-0.15, -0.1) is 0 Å². The van der Waals surface area contributed by atoms with E-state index in [1.165, 1.54) is 19.1 Å². The molecule has 0 saturated carbocycles. The van der Waals surface area contributed by atoms with Crippen molar-refractivity contribution in [1.82, 2.24) is 4.90 Å². The van der Waals surface area contributed by atoms with Crippen LogP contribution in [0.4, 0.5) is 4.39 Å². The molecule has 2 rings (SSSR count). The van der Waals surface area contributed by atoms with E-state index in [4.69, 9.17) is 5.11 Å². The Morgan fingerprint density at radius 3 is 2.33 bits per heavy atom. The number of aliphatic hydroxyl groups is 1. The monoisotopic (exact) mass is 293 g/mol. The van der Waals surface area contributed by atoms with Crippen LogP contribution in [0.15, 0.2) is 35.6 Å². The number of rotatable bonds is 4. The molecule has 1 heterocycles. The fraction of sp³-hybridized carbons (Fsp3) is 0.214. The lowest BCUT2D eigenvalue weighted by Crippen LogP contribution is -2.35. The molecule has 0 aromatic heterocycles. The number of hydrogen-bond donors (Lipinski definition) is 2. The Labute approximate surface area is 119 Å². The van der Waals surface area contributed by atoms with Crippen LogP contribution in [0.25, 0.3) is 0 Å². The SMILES string of the molecule is CC(=O)C1=C(O)C(=O)N(CC(=O)O)[C@@H]1c1ccc(F)cc1. The summed E-state index contributed by atoms with van der Waals surface area (Å²) in [5.41, 5.74) is 0.160. The second-order valence-corrected chi connectivity index (χ2v) is 4.60. The van der Waals surface area contributed by atoms with Crippen molar-refractivity contribution in [3.05, 3.63) is 47.0 Å². The molecule has 0 spiro atoms. The molecular weight excluding hydrogens is 281 g/mol. The lowest BCUT2D eigenvalue weighted by molar-refractivity contribution is -0.144. The van der Waals surface area contributed by atoms with Crippen molar-refractivity contribution in [2.75, 3.05) is 6.54 Å². The van der Waals surface area contributed by atoms with E-state index < -0.39 is 41.8 Å². The van der Waals surface area contributed by atoms with Gasteiger partial charge in [-0.05, 0) is 24.6 Å². The van der Waals surface area contributed by atoms with Crippen molar-refractivity contribution in [3.63, 3.8) is 0 Å². The lowest BCUT2D eigenvalue weighted by atomic mass is 9.97. The molecule has 0 unspecified atom stereocenters. The summed E-state index contributed by atoms with van der Waals surface area (Å²) in [7, 11) is 0. The summed E-state index contributed by atoms with van der Waals surface area (Å²) in [5, 5.41) is 18.7. The highest BCUT2D eigenvalue weighted by molar-refractivity contribution is 6.08. The van der Waals surface area contributed by atoms with Gasteiger partial charge in [0.2, 0.25) is 0 Å². The number of hydrogen-bond acceptors (Lipinski definition) is 4. The van der Waals surface area contributed by atoms with E-state index in [-0.39, 0.29) is 5.57 Å². The number of nitrogens with zero attached hydrogens (tertiary/aromatic N) is 1. The van der Waals surface area contributed by atoms with Gasteiger partial charge in [-0.1, -0.05) is 12.1 Å². The molecule has 6 nitrogen and oxygen atoms in total. The summed E-state index contributed by atoms with van der Waals surface area (Å²) >= 11 is 0. The van der Waals surface area contributed by atoms with Gasteiger partial charge >= 0.3 is 5.97 Å². The third-order valence-corrected chi connectivity index (χ3v) is 3.17. The van der Waals surface area contributed by atoms with Crippen molar-refractivity contribution in [2.45, 2.75) is 13.0 Å². The second kappa shape index (κ2) is 5.35. The number of ketones is 1. The summed E-state index contributed by atoms with van der Waals surface area (Å²) in [6.07, 6.45) is 0. The molecule has 0 aliphatic carbocycles. The van der Waals surface area contributed by atoms with Gasteiger partial charge < -0.3 is 15.1 Å². The van der Waals surface area contributed by atoms with Crippen LogP contribution in [-0.4, -0.2) is 39.3 Å². The molecule has 2 N–H and O–H groups in total. The van der Waals surface area contributed by atoms with Crippen molar-refractivity contribution < 1.29 is 29.0 Å². The van der Waals surface area contributed by atoms with Gasteiger partial charge in [-0.2, -0.15) is 0 Å². The number of carbonyl (C=O) groups is 3. The quantitative estimate of drug-likeness (QED) is 0.869. The minimum absolute atomic E-state index is 0.187. The molecule has 1 aromatic carbocycles. The molecule has 110 valence electrons. The van der Waals surface area contributed by atoms with Crippen LogP contribution in [0, 0.1) is 5.82 Å². The van der Waals surface area contributed by atoms with Crippen LogP contribution >= 0.6 is 0 Å². The average molecular weight is 293 g/mol. The zero-order valence-corrected chi connectivity index (χ0v) is 11.0. The molecule has 21 heavy (non-hydrogen) atoms. The number of halogens is 1. The predicted octanol–water partition coefficient (Wildman–Crippen LogP) is 1.19. The van der Waals surface area contributed by atoms with Crippen LogP contribution in [0.1, 0.15) is 18.5 Å². The van der Waals surface area contributed by atoms with E-state index in [1.54, 1.807) is 0 Å². The zero-order valence-electron chi connectivity index (χ0n) is 11.0. The Morgan fingerprint density at radius 1 is 1.29 bits per heavy atom. The number of aliphatic hydroxyl groups excluding tert-OH is 1. The van der Waals surface area contributed by atoms with E-state index in [9.17, 15) is 23.9 Å². The highest BCUT2D eigenvalue weighted by Gasteiger charge is 2.43. The molecule has 0 saturated heterocycles. The van der Waals surface area contributed by atoms with E-state index in [0.717, 1.165) is 17.0 Å². The number of carboxylic acid groups (broad SMARTS) is 1. The van der Waals surface area contributed by atoms with E-state index in [1.807, 2.05) is 0 Å². The van der Waals surface area contributed by atoms with Crippen LogP contribution in [0.3, 0.4) is 0 Å². The van der Waals surface area contributed by atoms with Gasteiger partial charge in [-0.25, -0.2) is 4.39 Å². The predicted molar refractivity (Wildman–Crippen MR) is 68.8 cm³/mol. The van der Waals surface area contributed by atoms with E-state index in [2.05, 4.69) is 0 Å². The molecule has 1 amide bonds. The topological polar surface area (TPSA) is 94.9 Å².